The average molecular weight is 378 g/mol. The zero-order chi connectivity index (χ0) is 19.3. The van der Waals surface area contributed by atoms with E-state index < -0.39 is 11.3 Å². The number of Topliss-reactive ketones (excluding diaryl/α,β-unsaturated/α-hetero) is 2. The van der Waals surface area contributed by atoms with Gasteiger partial charge in [-0.3, -0.25) is 9.59 Å². The SMILES string of the molecule is COc1ccc(C(C#CSc2ccccc2)C2(C(C)=O)CCCC2=O)cc1. The molecule has 0 spiro atoms. The summed E-state index contributed by atoms with van der Waals surface area (Å²) >= 11 is 1.41. The molecule has 2 aromatic rings. The molecule has 0 bridgehead atoms. The first-order valence-corrected chi connectivity index (χ1v) is 9.80. The van der Waals surface area contributed by atoms with Gasteiger partial charge in [-0.25, -0.2) is 0 Å². The van der Waals surface area contributed by atoms with Crippen LogP contribution in [-0.2, 0) is 9.59 Å². The smallest absolute Gasteiger partial charge is 0.148 e. The maximum atomic E-state index is 12.8. The fraction of sp³-hybridized carbons (Fsp3) is 0.304. The van der Waals surface area contributed by atoms with E-state index in [2.05, 4.69) is 11.2 Å². The van der Waals surface area contributed by atoms with Crippen LogP contribution in [-0.4, -0.2) is 18.7 Å². The summed E-state index contributed by atoms with van der Waals surface area (Å²) in [6.07, 6.45) is 1.74. The molecule has 1 aliphatic rings. The quantitative estimate of drug-likeness (QED) is 0.423. The molecule has 2 unspecified atom stereocenters. The Balaban J connectivity index is 2.00. The van der Waals surface area contributed by atoms with Crippen LogP contribution in [0.5, 0.6) is 5.75 Å². The van der Waals surface area contributed by atoms with Crippen molar-refractivity contribution in [1.29, 1.82) is 0 Å². The molecule has 0 aliphatic heterocycles. The van der Waals surface area contributed by atoms with E-state index in [1.807, 2.05) is 54.6 Å². The molecule has 138 valence electrons. The highest BCUT2D eigenvalue weighted by molar-refractivity contribution is 8.03. The summed E-state index contributed by atoms with van der Waals surface area (Å²) < 4.78 is 5.23. The van der Waals surface area contributed by atoms with Gasteiger partial charge in [-0.2, -0.15) is 0 Å². The Kier molecular flexibility index (Phi) is 6.03. The Bertz CT molecular complexity index is 877. The molecule has 0 N–H and O–H groups in total. The van der Waals surface area contributed by atoms with E-state index in [9.17, 15) is 9.59 Å². The lowest BCUT2D eigenvalue weighted by Crippen LogP contribution is -2.39. The van der Waals surface area contributed by atoms with Crippen molar-refractivity contribution in [3.63, 3.8) is 0 Å². The summed E-state index contributed by atoms with van der Waals surface area (Å²) in [5.74, 6) is 3.45. The van der Waals surface area contributed by atoms with Crippen LogP contribution in [0.4, 0.5) is 0 Å². The number of carbonyl (C=O) groups is 2. The maximum Gasteiger partial charge on any atom is 0.148 e. The Morgan fingerprint density at radius 2 is 1.85 bits per heavy atom. The molecule has 3 rings (SSSR count). The minimum Gasteiger partial charge on any atom is -0.497 e. The van der Waals surface area contributed by atoms with Gasteiger partial charge in [0.25, 0.3) is 0 Å². The summed E-state index contributed by atoms with van der Waals surface area (Å²) in [5, 5.41) is 3.14. The minimum absolute atomic E-state index is 0.00910. The molecule has 0 aromatic heterocycles. The zero-order valence-electron chi connectivity index (χ0n) is 15.5. The zero-order valence-corrected chi connectivity index (χ0v) is 16.3. The molecule has 4 heteroatoms. The van der Waals surface area contributed by atoms with Crippen LogP contribution in [0.1, 0.15) is 37.7 Å². The van der Waals surface area contributed by atoms with Gasteiger partial charge < -0.3 is 4.74 Å². The summed E-state index contributed by atoms with van der Waals surface area (Å²) in [5.41, 5.74) is -0.166. The molecule has 27 heavy (non-hydrogen) atoms. The predicted octanol–water partition coefficient (Wildman–Crippen LogP) is 4.86. The van der Waals surface area contributed by atoms with Gasteiger partial charge in [0, 0.05) is 11.3 Å². The Morgan fingerprint density at radius 1 is 1.15 bits per heavy atom. The molecule has 2 atom stereocenters. The molecule has 1 fully saturated rings. The molecule has 1 aliphatic carbocycles. The van der Waals surface area contributed by atoms with Crippen LogP contribution in [0, 0.1) is 16.6 Å². The minimum atomic E-state index is -1.04. The summed E-state index contributed by atoms with van der Waals surface area (Å²) in [6, 6.07) is 17.4. The number of ether oxygens (including phenoxy) is 1. The Labute approximate surface area is 164 Å². The molecule has 1 saturated carbocycles. The maximum absolute atomic E-state index is 12.8. The molecule has 0 heterocycles. The van der Waals surface area contributed by atoms with Gasteiger partial charge in [-0.1, -0.05) is 36.3 Å². The lowest BCUT2D eigenvalue weighted by Gasteiger charge is -2.31. The van der Waals surface area contributed by atoms with Crippen molar-refractivity contribution in [2.24, 2.45) is 5.41 Å². The number of methoxy groups -OCH3 is 1. The highest BCUT2D eigenvalue weighted by atomic mass is 32.2. The van der Waals surface area contributed by atoms with Crippen molar-refractivity contribution in [2.75, 3.05) is 7.11 Å². The topological polar surface area (TPSA) is 43.4 Å². The predicted molar refractivity (Wildman–Crippen MR) is 108 cm³/mol. The van der Waals surface area contributed by atoms with Crippen LogP contribution in [0.2, 0.25) is 0 Å². The lowest BCUT2D eigenvalue weighted by atomic mass is 9.68. The number of benzene rings is 2. The third-order valence-electron chi connectivity index (χ3n) is 5.16. The Morgan fingerprint density at radius 3 is 2.41 bits per heavy atom. The first kappa shape index (κ1) is 19.3. The van der Waals surface area contributed by atoms with Crippen LogP contribution in [0.3, 0.4) is 0 Å². The number of ketones is 2. The summed E-state index contributed by atoms with van der Waals surface area (Å²) in [6.45, 7) is 1.52. The van der Waals surface area contributed by atoms with Gasteiger partial charge in [0.2, 0.25) is 0 Å². The summed E-state index contributed by atoms with van der Waals surface area (Å²) in [7, 11) is 1.61. The van der Waals surface area contributed by atoms with Crippen molar-refractivity contribution >= 4 is 23.3 Å². The van der Waals surface area contributed by atoms with E-state index in [0.717, 1.165) is 22.6 Å². The van der Waals surface area contributed by atoms with Crippen molar-refractivity contribution in [1.82, 2.24) is 0 Å². The number of thioether (sulfide) groups is 1. The van der Waals surface area contributed by atoms with Crippen LogP contribution in [0.15, 0.2) is 59.5 Å². The second-order valence-electron chi connectivity index (χ2n) is 6.67. The Hall–Kier alpha value is -2.51. The monoisotopic (exact) mass is 378 g/mol. The molecular formula is C23H22O3S. The van der Waals surface area contributed by atoms with Crippen molar-refractivity contribution in [3.05, 3.63) is 60.2 Å². The number of hydrogen-bond donors (Lipinski definition) is 0. The van der Waals surface area contributed by atoms with Crippen molar-refractivity contribution in [3.8, 4) is 16.9 Å². The highest BCUT2D eigenvalue weighted by Crippen LogP contribution is 2.47. The standard InChI is InChI=1S/C23H22O3S/c1-17(24)23(15-6-9-22(23)25)21(18-10-12-19(26-2)13-11-18)14-16-27-20-7-4-3-5-8-20/h3-5,7-8,10-13,21H,6,9,15H2,1-2H3. The van der Waals surface area contributed by atoms with E-state index in [4.69, 9.17) is 4.74 Å². The van der Waals surface area contributed by atoms with Crippen LogP contribution < -0.4 is 4.74 Å². The third kappa shape index (κ3) is 3.94. The van der Waals surface area contributed by atoms with Gasteiger partial charge in [-0.05, 0) is 66.6 Å². The summed E-state index contributed by atoms with van der Waals surface area (Å²) in [4.78, 5) is 26.5. The second kappa shape index (κ2) is 8.45. The van der Waals surface area contributed by atoms with E-state index in [1.54, 1.807) is 7.11 Å². The van der Waals surface area contributed by atoms with Crippen LogP contribution in [0.25, 0.3) is 0 Å². The first-order chi connectivity index (χ1) is 13.1. The van der Waals surface area contributed by atoms with Gasteiger partial charge in [0.15, 0.2) is 0 Å². The molecular weight excluding hydrogens is 356 g/mol. The normalized spacial score (nSPS) is 19.9. The number of carbonyl (C=O) groups excluding carboxylic acids is 2. The van der Waals surface area contributed by atoms with Gasteiger partial charge in [0.05, 0.1) is 13.0 Å². The van der Waals surface area contributed by atoms with E-state index in [0.29, 0.717) is 12.8 Å². The fourth-order valence-electron chi connectivity index (χ4n) is 3.69. The van der Waals surface area contributed by atoms with Gasteiger partial charge in [0.1, 0.15) is 22.7 Å². The van der Waals surface area contributed by atoms with E-state index in [1.165, 1.54) is 18.7 Å². The number of rotatable bonds is 5. The van der Waals surface area contributed by atoms with Gasteiger partial charge in [-0.15, -0.1) is 0 Å². The molecule has 0 amide bonds. The largest absolute Gasteiger partial charge is 0.497 e. The molecule has 3 nitrogen and oxygen atoms in total. The molecule has 0 saturated heterocycles. The second-order valence-corrected chi connectivity index (χ2v) is 7.55. The van der Waals surface area contributed by atoms with Crippen molar-refractivity contribution in [2.45, 2.75) is 37.0 Å². The molecule has 2 aromatic carbocycles. The van der Waals surface area contributed by atoms with Crippen LogP contribution >= 0.6 is 11.8 Å². The van der Waals surface area contributed by atoms with Gasteiger partial charge >= 0.3 is 0 Å². The first-order valence-electron chi connectivity index (χ1n) is 8.98. The van der Waals surface area contributed by atoms with Crippen molar-refractivity contribution < 1.29 is 14.3 Å². The third-order valence-corrected chi connectivity index (χ3v) is 5.89. The van der Waals surface area contributed by atoms with E-state index in [-0.39, 0.29) is 11.6 Å². The fourth-order valence-corrected chi connectivity index (χ4v) is 4.28. The lowest BCUT2D eigenvalue weighted by molar-refractivity contribution is -0.137. The number of hydrogen-bond acceptors (Lipinski definition) is 4. The molecule has 0 radical (unpaired) electrons. The van der Waals surface area contributed by atoms with E-state index >= 15 is 0 Å². The average Bonchev–Trinajstić information content (AvgIpc) is 3.08. The highest BCUT2D eigenvalue weighted by Gasteiger charge is 2.52.